The molecule has 17 heavy (non-hydrogen) atoms. The molecule has 0 aliphatic rings. The fourth-order valence-corrected chi connectivity index (χ4v) is 1.47. The number of aromatic nitrogens is 3. The van der Waals surface area contributed by atoms with E-state index in [1.54, 1.807) is 18.5 Å². The Hall–Kier alpha value is -2.12. The Labute approximate surface area is 104 Å². The summed E-state index contributed by atoms with van der Waals surface area (Å²) in [6.45, 7) is 1.83. The molecule has 0 aliphatic heterocycles. The molecule has 0 radical (unpaired) electrons. The standard InChI is InChI=1S/C12H9ClN4/c1-8-11(12(13)17-7-16-8)3-2-9-4-10(14)6-15-5-9/h4-7H,14H2,1H3. The van der Waals surface area contributed by atoms with Crippen LogP contribution in [0.25, 0.3) is 0 Å². The van der Waals surface area contributed by atoms with E-state index in [1.165, 1.54) is 6.33 Å². The minimum atomic E-state index is 0.349. The zero-order valence-electron chi connectivity index (χ0n) is 9.11. The van der Waals surface area contributed by atoms with E-state index in [0.29, 0.717) is 16.4 Å². The maximum atomic E-state index is 5.93. The van der Waals surface area contributed by atoms with Gasteiger partial charge in [0.25, 0.3) is 0 Å². The Bertz CT molecular complexity index is 593. The van der Waals surface area contributed by atoms with Crippen LogP contribution in [0.4, 0.5) is 5.69 Å². The number of aryl methyl sites for hydroxylation is 1. The summed E-state index contributed by atoms with van der Waals surface area (Å²) in [5.41, 5.74) is 8.27. The molecule has 0 saturated carbocycles. The Morgan fingerprint density at radius 1 is 1.24 bits per heavy atom. The van der Waals surface area contributed by atoms with Crippen LogP contribution < -0.4 is 5.73 Å². The quantitative estimate of drug-likeness (QED) is 0.567. The zero-order valence-corrected chi connectivity index (χ0v) is 9.86. The first-order chi connectivity index (χ1) is 8.16. The first-order valence-electron chi connectivity index (χ1n) is 4.86. The van der Waals surface area contributed by atoms with Crippen molar-refractivity contribution in [3.05, 3.63) is 46.8 Å². The minimum absolute atomic E-state index is 0.349. The van der Waals surface area contributed by atoms with Crippen molar-refractivity contribution in [2.24, 2.45) is 0 Å². The van der Waals surface area contributed by atoms with Crippen LogP contribution in [0.3, 0.4) is 0 Å². The predicted molar refractivity (Wildman–Crippen MR) is 66.4 cm³/mol. The van der Waals surface area contributed by atoms with E-state index in [9.17, 15) is 0 Å². The fraction of sp³-hybridized carbons (Fsp3) is 0.0833. The molecule has 0 saturated heterocycles. The molecule has 0 unspecified atom stereocenters. The molecule has 84 valence electrons. The summed E-state index contributed by atoms with van der Waals surface area (Å²) < 4.78 is 0. The maximum absolute atomic E-state index is 5.93. The molecule has 2 aromatic rings. The van der Waals surface area contributed by atoms with Gasteiger partial charge in [0, 0.05) is 18.0 Å². The first-order valence-corrected chi connectivity index (χ1v) is 5.24. The van der Waals surface area contributed by atoms with Gasteiger partial charge in [0.1, 0.15) is 11.5 Å². The molecule has 0 aliphatic carbocycles. The van der Waals surface area contributed by atoms with Crippen molar-refractivity contribution in [2.45, 2.75) is 6.92 Å². The van der Waals surface area contributed by atoms with E-state index in [-0.39, 0.29) is 0 Å². The van der Waals surface area contributed by atoms with Crippen LogP contribution in [-0.2, 0) is 0 Å². The van der Waals surface area contributed by atoms with Crippen molar-refractivity contribution < 1.29 is 0 Å². The van der Waals surface area contributed by atoms with Gasteiger partial charge in [0.15, 0.2) is 0 Å². The summed E-state index contributed by atoms with van der Waals surface area (Å²) in [6.07, 6.45) is 4.61. The van der Waals surface area contributed by atoms with Gasteiger partial charge in [-0.05, 0) is 13.0 Å². The number of hydrogen-bond acceptors (Lipinski definition) is 4. The number of pyridine rings is 1. The monoisotopic (exact) mass is 244 g/mol. The highest BCUT2D eigenvalue weighted by atomic mass is 35.5. The third-order valence-corrected chi connectivity index (χ3v) is 2.37. The average molecular weight is 245 g/mol. The lowest BCUT2D eigenvalue weighted by molar-refractivity contribution is 1.09. The van der Waals surface area contributed by atoms with Gasteiger partial charge in [-0.25, -0.2) is 9.97 Å². The molecule has 0 bridgehead atoms. The Morgan fingerprint density at radius 3 is 2.76 bits per heavy atom. The molecule has 0 fully saturated rings. The van der Waals surface area contributed by atoms with Gasteiger partial charge in [-0.1, -0.05) is 23.4 Å². The van der Waals surface area contributed by atoms with Gasteiger partial charge in [0.05, 0.1) is 16.9 Å². The Morgan fingerprint density at radius 2 is 2.06 bits per heavy atom. The maximum Gasteiger partial charge on any atom is 0.148 e. The Kier molecular flexibility index (Phi) is 3.22. The molecule has 2 heterocycles. The number of halogens is 1. The third kappa shape index (κ3) is 2.71. The third-order valence-electron chi connectivity index (χ3n) is 2.08. The molecular weight excluding hydrogens is 236 g/mol. The summed E-state index contributed by atoms with van der Waals surface area (Å²) in [5, 5.41) is 0.349. The van der Waals surface area contributed by atoms with Gasteiger partial charge in [-0.3, -0.25) is 4.98 Å². The number of nitrogens with zero attached hydrogens (tertiary/aromatic N) is 3. The van der Waals surface area contributed by atoms with Crippen LogP contribution in [0.15, 0.2) is 24.8 Å². The summed E-state index contributed by atoms with van der Waals surface area (Å²) >= 11 is 5.93. The summed E-state index contributed by atoms with van der Waals surface area (Å²) in [7, 11) is 0. The number of anilines is 1. The van der Waals surface area contributed by atoms with Gasteiger partial charge < -0.3 is 5.73 Å². The fourth-order valence-electron chi connectivity index (χ4n) is 1.25. The van der Waals surface area contributed by atoms with E-state index in [1.807, 2.05) is 6.92 Å². The number of hydrogen-bond donors (Lipinski definition) is 1. The SMILES string of the molecule is Cc1ncnc(Cl)c1C#Cc1cncc(N)c1. The van der Waals surface area contributed by atoms with E-state index < -0.39 is 0 Å². The lowest BCUT2D eigenvalue weighted by Gasteiger charge is -1.97. The van der Waals surface area contributed by atoms with Crippen LogP contribution >= 0.6 is 11.6 Å². The largest absolute Gasteiger partial charge is 0.397 e. The highest BCUT2D eigenvalue weighted by Crippen LogP contribution is 2.13. The molecule has 4 nitrogen and oxygen atoms in total. The van der Waals surface area contributed by atoms with Crippen molar-refractivity contribution in [3.8, 4) is 11.8 Å². The second-order valence-corrected chi connectivity index (χ2v) is 3.74. The highest BCUT2D eigenvalue weighted by Gasteiger charge is 2.02. The van der Waals surface area contributed by atoms with Crippen LogP contribution in [0, 0.1) is 18.8 Å². The van der Waals surface area contributed by atoms with Crippen molar-refractivity contribution in [2.75, 3.05) is 5.73 Å². The topological polar surface area (TPSA) is 64.7 Å². The molecule has 0 amide bonds. The second kappa shape index (κ2) is 4.81. The first kappa shape index (κ1) is 11.4. The van der Waals surface area contributed by atoms with Crippen LogP contribution in [-0.4, -0.2) is 15.0 Å². The number of rotatable bonds is 0. The highest BCUT2D eigenvalue weighted by molar-refractivity contribution is 6.30. The predicted octanol–water partition coefficient (Wildman–Crippen LogP) is 1.82. The van der Waals surface area contributed by atoms with Crippen LogP contribution in [0.5, 0.6) is 0 Å². The van der Waals surface area contributed by atoms with E-state index in [4.69, 9.17) is 17.3 Å². The normalized spacial score (nSPS) is 9.53. The Balaban J connectivity index is 2.40. The van der Waals surface area contributed by atoms with Gasteiger partial charge in [-0.2, -0.15) is 0 Å². The van der Waals surface area contributed by atoms with E-state index in [2.05, 4.69) is 26.8 Å². The summed E-state index contributed by atoms with van der Waals surface area (Å²) in [5.74, 6) is 5.85. The number of nitrogen functional groups attached to an aromatic ring is 1. The lowest BCUT2D eigenvalue weighted by Crippen LogP contribution is -1.92. The van der Waals surface area contributed by atoms with Crippen LogP contribution in [0.2, 0.25) is 5.15 Å². The minimum Gasteiger partial charge on any atom is -0.397 e. The molecule has 2 aromatic heterocycles. The molecule has 0 aromatic carbocycles. The second-order valence-electron chi connectivity index (χ2n) is 3.38. The van der Waals surface area contributed by atoms with E-state index >= 15 is 0 Å². The van der Waals surface area contributed by atoms with E-state index in [0.717, 1.165) is 11.3 Å². The van der Waals surface area contributed by atoms with Crippen molar-refractivity contribution in [1.82, 2.24) is 15.0 Å². The zero-order chi connectivity index (χ0) is 12.3. The molecule has 2 N–H and O–H groups in total. The summed E-state index contributed by atoms with van der Waals surface area (Å²) in [4.78, 5) is 11.9. The van der Waals surface area contributed by atoms with Gasteiger partial charge in [0.2, 0.25) is 0 Å². The van der Waals surface area contributed by atoms with Crippen molar-refractivity contribution in [3.63, 3.8) is 0 Å². The molecule has 5 heteroatoms. The average Bonchev–Trinajstić information content (AvgIpc) is 2.28. The van der Waals surface area contributed by atoms with Crippen molar-refractivity contribution in [1.29, 1.82) is 0 Å². The van der Waals surface area contributed by atoms with Crippen molar-refractivity contribution >= 4 is 17.3 Å². The number of nitrogens with two attached hydrogens (primary N) is 1. The lowest BCUT2D eigenvalue weighted by atomic mass is 10.2. The molecular formula is C12H9ClN4. The van der Waals surface area contributed by atoms with Gasteiger partial charge >= 0.3 is 0 Å². The van der Waals surface area contributed by atoms with Crippen LogP contribution in [0.1, 0.15) is 16.8 Å². The molecule has 0 atom stereocenters. The summed E-state index contributed by atoms with van der Waals surface area (Å²) in [6, 6.07) is 1.74. The van der Waals surface area contributed by atoms with Gasteiger partial charge in [-0.15, -0.1) is 0 Å². The molecule has 2 rings (SSSR count). The molecule has 0 spiro atoms. The smallest absolute Gasteiger partial charge is 0.148 e.